The van der Waals surface area contributed by atoms with Gasteiger partial charge in [-0.1, -0.05) is 35.5 Å². The van der Waals surface area contributed by atoms with Gasteiger partial charge in [-0.05, 0) is 18.4 Å². The fraction of sp³-hybridized carbons (Fsp3) is 0.0833. The van der Waals surface area contributed by atoms with Gasteiger partial charge in [0, 0.05) is 16.7 Å². The van der Waals surface area contributed by atoms with E-state index in [1.807, 2.05) is 18.4 Å². The zero-order chi connectivity index (χ0) is 13.4. The number of hydrogen-bond acceptors (Lipinski definition) is 4. The maximum atomic E-state index is 11.8. The number of benzene rings is 1. The van der Waals surface area contributed by atoms with Gasteiger partial charge < -0.3 is 0 Å². The normalized spacial score (nSPS) is 11.1. The Morgan fingerprint density at radius 2 is 2.05 bits per heavy atom. The van der Waals surface area contributed by atoms with Crippen molar-refractivity contribution >= 4 is 29.0 Å². The SMILES string of the molecule is CSc1nc2cc(-c3ccc(Cl)cc3)nn2c(=O)[nH]1. The molecule has 0 bridgehead atoms. The molecule has 0 fully saturated rings. The van der Waals surface area contributed by atoms with Crippen LogP contribution in [0.2, 0.25) is 5.02 Å². The van der Waals surface area contributed by atoms with Gasteiger partial charge in [-0.2, -0.15) is 9.61 Å². The quantitative estimate of drug-likeness (QED) is 0.737. The molecule has 0 aliphatic heterocycles. The van der Waals surface area contributed by atoms with Gasteiger partial charge >= 0.3 is 5.69 Å². The number of aromatic amines is 1. The van der Waals surface area contributed by atoms with Crippen LogP contribution in [0.4, 0.5) is 0 Å². The zero-order valence-corrected chi connectivity index (χ0v) is 11.5. The van der Waals surface area contributed by atoms with Crippen molar-refractivity contribution in [2.45, 2.75) is 5.16 Å². The number of nitrogens with one attached hydrogen (secondary N) is 1. The van der Waals surface area contributed by atoms with Crippen molar-refractivity contribution in [1.82, 2.24) is 19.6 Å². The Balaban J connectivity index is 2.18. The van der Waals surface area contributed by atoms with Crippen LogP contribution < -0.4 is 5.69 Å². The van der Waals surface area contributed by atoms with E-state index in [0.29, 0.717) is 21.5 Å². The van der Waals surface area contributed by atoms with Crippen molar-refractivity contribution in [2.24, 2.45) is 0 Å². The summed E-state index contributed by atoms with van der Waals surface area (Å²) < 4.78 is 1.25. The summed E-state index contributed by atoms with van der Waals surface area (Å²) in [6.45, 7) is 0. The summed E-state index contributed by atoms with van der Waals surface area (Å²) in [5.74, 6) is 0. The van der Waals surface area contributed by atoms with Gasteiger partial charge in [-0.15, -0.1) is 0 Å². The number of halogens is 1. The molecular formula is C12H9ClN4OS. The van der Waals surface area contributed by atoms with Gasteiger partial charge in [0.05, 0.1) is 5.69 Å². The Morgan fingerprint density at radius 3 is 2.74 bits per heavy atom. The summed E-state index contributed by atoms with van der Waals surface area (Å²) in [4.78, 5) is 18.8. The maximum Gasteiger partial charge on any atom is 0.350 e. The molecule has 0 radical (unpaired) electrons. The number of aromatic nitrogens is 4. The molecule has 3 rings (SSSR count). The number of H-pyrrole nitrogens is 1. The molecule has 0 aliphatic carbocycles. The van der Waals surface area contributed by atoms with Gasteiger partial charge in [-0.3, -0.25) is 4.98 Å². The summed E-state index contributed by atoms with van der Waals surface area (Å²) in [7, 11) is 0. The molecule has 0 saturated carbocycles. The van der Waals surface area contributed by atoms with Gasteiger partial charge in [0.25, 0.3) is 0 Å². The van der Waals surface area contributed by atoms with E-state index in [9.17, 15) is 4.79 Å². The molecule has 2 heterocycles. The molecule has 0 amide bonds. The van der Waals surface area contributed by atoms with Crippen molar-refractivity contribution in [3.05, 3.63) is 45.8 Å². The minimum absolute atomic E-state index is 0.297. The van der Waals surface area contributed by atoms with E-state index < -0.39 is 0 Å². The van der Waals surface area contributed by atoms with Crippen LogP contribution in [0.5, 0.6) is 0 Å². The van der Waals surface area contributed by atoms with Gasteiger partial charge in [-0.25, -0.2) is 9.78 Å². The molecule has 3 aromatic rings. The molecule has 0 unspecified atom stereocenters. The van der Waals surface area contributed by atoms with Crippen LogP contribution in [0.1, 0.15) is 0 Å². The number of thioether (sulfide) groups is 1. The summed E-state index contributed by atoms with van der Waals surface area (Å²) >= 11 is 7.23. The van der Waals surface area contributed by atoms with Crippen LogP contribution in [-0.4, -0.2) is 25.8 Å². The molecule has 2 aromatic heterocycles. The Bertz CT molecular complexity index is 794. The van der Waals surface area contributed by atoms with Crippen LogP contribution in [0.15, 0.2) is 40.3 Å². The van der Waals surface area contributed by atoms with Crippen molar-refractivity contribution in [3.8, 4) is 11.3 Å². The smallest absolute Gasteiger partial charge is 0.285 e. The molecule has 0 atom stereocenters. The predicted octanol–water partition coefficient (Wildman–Crippen LogP) is 2.46. The van der Waals surface area contributed by atoms with Crippen molar-refractivity contribution < 1.29 is 0 Å². The van der Waals surface area contributed by atoms with Crippen LogP contribution in [0.3, 0.4) is 0 Å². The Kier molecular flexibility index (Phi) is 3.04. The van der Waals surface area contributed by atoms with Crippen molar-refractivity contribution in [1.29, 1.82) is 0 Å². The molecule has 1 aromatic carbocycles. The monoisotopic (exact) mass is 292 g/mol. The largest absolute Gasteiger partial charge is 0.350 e. The Hall–Kier alpha value is -1.79. The third-order valence-corrected chi connectivity index (χ3v) is 3.48. The molecular weight excluding hydrogens is 284 g/mol. The number of nitrogens with zero attached hydrogens (tertiary/aromatic N) is 3. The molecule has 19 heavy (non-hydrogen) atoms. The molecule has 5 nitrogen and oxygen atoms in total. The molecule has 0 spiro atoms. The van der Waals surface area contributed by atoms with E-state index >= 15 is 0 Å². The Morgan fingerprint density at radius 1 is 1.32 bits per heavy atom. The minimum atomic E-state index is -0.297. The van der Waals surface area contributed by atoms with E-state index in [1.54, 1.807) is 18.2 Å². The first-order chi connectivity index (χ1) is 9.17. The first-order valence-corrected chi connectivity index (χ1v) is 7.07. The average Bonchev–Trinajstić information content (AvgIpc) is 2.84. The zero-order valence-electron chi connectivity index (χ0n) is 9.92. The van der Waals surface area contributed by atoms with Crippen LogP contribution >= 0.6 is 23.4 Å². The highest BCUT2D eigenvalue weighted by Gasteiger charge is 2.09. The summed E-state index contributed by atoms with van der Waals surface area (Å²) in [6, 6.07) is 9.05. The number of fused-ring (bicyclic) bond motifs is 1. The van der Waals surface area contributed by atoms with Gasteiger partial charge in [0.1, 0.15) is 0 Å². The van der Waals surface area contributed by atoms with E-state index in [-0.39, 0.29) is 5.69 Å². The average molecular weight is 293 g/mol. The third kappa shape index (κ3) is 2.24. The lowest BCUT2D eigenvalue weighted by Crippen LogP contribution is -2.19. The van der Waals surface area contributed by atoms with Gasteiger partial charge in [0.15, 0.2) is 10.8 Å². The lowest BCUT2D eigenvalue weighted by molar-refractivity contribution is 0.789. The molecule has 1 N–H and O–H groups in total. The van der Waals surface area contributed by atoms with Crippen molar-refractivity contribution in [3.63, 3.8) is 0 Å². The lowest BCUT2D eigenvalue weighted by Gasteiger charge is -1.95. The van der Waals surface area contributed by atoms with E-state index in [0.717, 1.165) is 5.56 Å². The first kappa shape index (κ1) is 12.3. The first-order valence-electron chi connectivity index (χ1n) is 5.47. The highest BCUT2D eigenvalue weighted by atomic mass is 35.5. The fourth-order valence-corrected chi connectivity index (χ4v) is 2.24. The maximum absolute atomic E-state index is 11.8. The Labute approximate surface area is 117 Å². The van der Waals surface area contributed by atoms with Crippen molar-refractivity contribution in [2.75, 3.05) is 6.26 Å². The molecule has 0 aliphatic rings. The lowest BCUT2D eigenvalue weighted by atomic mass is 10.2. The fourth-order valence-electron chi connectivity index (χ4n) is 1.74. The molecule has 96 valence electrons. The minimum Gasteiger partial charge on any atom is -0.285 e. The third-order valence-electron chi connectivity index (χ3n) is 2.65. The summed E-state index contributed by atoms with van der Waals surface area (Å²) in [6.07, 6.45) is 1.85. The second-order valence-corrected chi connectivity index (χ2v) is 5.09. The highest BCUT2D eigenvalue weighted by Crippen LogP contribution is 2.21. The van der Waals surface area contributed by atoms with E-state index in [4.69, 9.17) is 11.6 Å². The number of hydrogen-bond donors (Lipinski definition) is 1. The topological polar surface area (TPSA) is 63.1 Å². The summed E-state index contributed by atoms with van der Waals surface area (Å²) in [5, 5.41) is 5.48. The van der Waals surface area contributed by atoms with Crippen LogP contribution in [0.25, 0.3) is 16.9 Å². The summed E-state index contributed by atoms with van der Waals surface area (Å²) in [5.41, 5.74) is 1.81. The van der Waals surface area contributed by atoms with E-state index in [1.165, 1.54) is 16.3 Å². The molecule has 7 heteroatoms. The van der Waals surface area contributed by atoms with Crippen LogP contribution in [0, 0.1) is 0 Å². The van der Waals surface area contributed by atoms with Crippen LogP contribution in [-0.2, 0) is 0 Å². The standard InChI is InChI=1S/C12H9ClN4OS/c1-19-11-14-10-6-9(16-17(10)12(18)15-11)7-2-4-8(13)5-3-7/h2-6H,1H3,(H,14,15,18). The second-order valence-electron chi connectivity index (χ2n) is 3.86. The predicted molar refractivity (Wildman–Crippen MR) is 75.8 cm³/mol. The second kappa shape index (κ2) is 4.71. The van der Waals surface area contributed by atoms with E-state index in [2.05, 4.69) is 15.1 Å². The number of rotatable bonds is 2. The van der Waals surface area contributed by atoms with Gasteiger partial charge in [0.2, 0.25) is 0 Å². The highest BCUT2D eigenvalue weighted by molar-refractivity contribution is 7.98. The molecule has 0 saturated heterocycles.